The van der Waals surface area contributed by atoms with Crippen molar-refractivity contribution < 1.29 is 23.8 Å². The number of methoxy groups -OCH3 is 1. The minimum atomic E-state index is -0.561. The summed E-state index contributed by atoms with van der Waals surface area (Å²) in [5.41, 5.74) is 2.15. The second-order valence-electron chi connectivity index (χ2n) is 14.0. The van der Waals surface area contributed by atoms with Gasteiger partial charge in [-0.05, 0) is 96.9 Å². The van der Waals surface area contributed by atoms with Crippen molar-refractivity contribution >= 4 is 45.3 Å². The molecule has 0 unspecified atom stereocenters. The van der Waals surface area contributed by atoms with E-state index in [1.54, 1.807) is 18.2 Å². The highest BCUT2D eigenvalue weighted by Gasteiger charge is 2.31. The Morgan fingerprint density at radius 2 is 1.80 bits per heavy atom. The first-order valence-electron chi connectivity index (χ1n) is 17.1. The molecule has 0 radical (unpaired) electrons. The lowest BCUT2D eigenvalue weighted by Crippen LogP contribution is -2.47. The van der Waals surface area contributed by atoms with E-state index in [0.717, 1.165) is 65.8 Å². The molecule has 1 atom stereocenters. The normalized spacial score (nSPS) is 19.8. The van der Waals surface area contributed by atoms with Gasteiger partial charge in [0.25, 0.3) is 0 Å². The maximum Gasteiger partial charge on any atom is 0.410 e. The number of aryl methyl sites for hydroxylation is 2. The van der Waals surface area contributed by atoms with Crippen LogP contribution in [-0.4, -0.2) is 74.6 Å². The fourth-order valence-electron chi connectivity index (χ4n) is 6.42. The van der Waals surface area contributed by atoms with E-state index >= 15 is 0 Å². The highest BCUT2D eigenvalue weighted by Crippen LogP contribution is 2.36. The molecule has 4 heterocycles. The molecule has 12 nitrogen and oxygen atoms in total. The largest absolute Gasteiger partial charge is 0.497 e. The molecule has 262 valence electrons. The Balaban J connectivity index is 1.20. The topological polar surface area (TPSA) is 133 Å². The van der Waals surface area contributed by atoms with Gasteiger partial charge in [0.1, 0.15) is 22.5 Å². The van der Waals surface area contributed by atoms with Crippen LogP contribution in [0.5, 0.6) is 11.5 Å². The van der Waals surface area contributed by atoms with Gasteiger partial charge in [-0.2, -0.15) is 5.10 Å². The van der Waals surface area contributed by atoms with Crippen LogP contribution in [0.2, 0.25) is 0 Å². The third-order valence-corrected chi connectivity index (χ3v) is 10.1. The minimum Gasteiger partial charge on any atom is -0.497 e. The standard InChI is InChI=1S/C36H47N7O5S/c1-22-23(2)49-34(38-22)40-33(44)25-11-15-28(16-12-25)47-29-17-18-37-32-30(29)31(41-43(32)20-24-9-13-27(46-6)14-10-24)39-26-8-7-19-42(21-26)35(45)48-36(3,4)5/h9-10,13-14,17-18,25-26,28H,7-8,11-12,15-16,19-21H2,1-6H3,(H,39,41)(H,38,40,44)/t25-,26-,28-/m1/s1. The fraction of sp³-hybridized carbons (Fsp3) is 0.528. The molecule has 13 heteroatoms. The van der Waals surface area contributed by atoms with Crippen molar-refractivity contribution in [3.05, 3.63) is 52.7 Å². The van der Waals surface area contributed by atoms with Crippen molar-refractivity contribution in [2.75, 3.05) is 30.8 Å². The number of piperidine rings is 1. The van der Waals surface area contributed by atoms with Gasteiger partial charge >= 0.3 is 6.09 Å². The molecule has 2 fully saturated rings. The number of anilines is 2. The second kappa shape index (κ2) is 14.6. The van der Waals surface area contributed by atoms with Crippen molar-refractivity contribution in [3.8, 4) is 11.5 Å². The number of nitrogens with one attached hydrogen (secondary N) is 2. The molecule has 49 heavy (non-hydrogen) atoms. The molecule has 1 saturated carbocycles. The zero-order valence-electron chi connectivity index (χ0n) is 29.2. The molecule has 0 bridgehead atoms. The maximum absolute atomic E-state index is 13.0. The Bertz CT molecular complexity index is 1750. The lowest BCUT2D eigenvalue weighted by Gasteiger charge is -2.34. The Hall–Kier alpha value is -4.39. The van der Waals surface area contributed by atoms with Crippen LogP contribution in [0.15, 0.2) is 36.5 Å². The summed E-state index contributed by atoms with van der Waals surface area (Å²) in [5, 5.41) is 13.2. The van der Waals surface area contributed by atoms with Crippen molar-refractivity contribution in [2.24, 2.45) is 5.92 Å². The Labute approximate surface area is 291 Å². The number of likely N-dealkylation sites (tertiary alicyclic amines) is 1. The number of hydrogen-bond donors (Lipinski definition) is 2. The summed E-state index contributed by atoms with van der Waals surface area (Å²) in [6.45, 7) is 11.3. The molecule has 3 aromatic heterocycles. The average molecular weight is 690 g/mol. The number of fused-ring (bicyclic) bond motifs is 1. The number of benzene rings is 1. The van der Waals surface area contributed by atoms with Gasteiger partial charge in [0, 0.05) is 36.1 Å². The number of rotatable bonds is 9. The van der Waals surface area contributed by atoms with E-state index < -0.39 is 5.60 Å². The van der Waals surface area contributed by atoms with Crippen LogP contribution < -0.4 is 20.1 Å². The maximum atomic E-state index is 13.0. The zero-order chi connectivity index (χ0) is 34.7. The van der Waals surface area contributed by atoms with E-state index in [4.69, 9.17) is 24.3 Å². The number of ether oxygens (including phenoxy) is 3. The number of hydrogen-bond acceptors (Lipinski definition) is 10. The van der Waals surface area contributed by atoms with Crippen LogP contribution in [0.1, 0.15) is 75.4 Å². The number of nitrogens with zero attached hydrogens (tertiary/aromatic N) is 5. The van der Waals surface area contributed by atoms with Crippen molar-refractivity contribution in [2.45, 2.75) is 97.4 Å². The summed E-state index contributed by atoms with van der Waals surface area (Å²) in [6.07, 6.45) is 6.13. The van der Waals surface area contributed by atoms with Gasteiger partial charge in [-0.15, -0.1) is 11.3 Å². The van der Waals surface area contributed by atoms with Gasteiger partial charge in [0.2, 0.25) is 5.91 Å². The van der Waals surface area contributed by atoms with E-state index in [1.807, 2.05) is 69.6 Å². The Morgan fingerprint density at radius 3 is 2.47 bits per heavy atom. The summed E-state index contributed by atoms with van der Waals surface area (Å²) in [5.74, 6) is 2.11. The van der Waals surface area contributed by atoms with Crippen LogP contribution in [0.3, 0.4) is 0 Å². The lowest BCUT2D eigenvalue weighted by molar-refractivity contribution is -0.121. The molecular formula is C36H47N7O5S. The molecule has 6 rings (SSSR count). The molecule has 1 aliphatic heterocycles. The van der Waals surface area contributed by atoms with E-state index in [-0.39, 0.29) is 30.1 Å². The number of aromatic nitrogens is 4. The summed E-state index contributed by atoms with van der Waals surface area (Å²) >= 11 is 1.51. The van der Waals surface area contributed by atoms with Gasteiger partial charge in [-0.1, -0.05) is 12.1 Å². The Morgan fingerprint density at radius 1 is 1.04 bits per heavy atom. The summed E-state index contributed by atoms with van der Waals surface area (Å²) in [7, 11) is 1.65. The molecular weight excluding hydrogens is 643 g/mol. The van der Waals surface area contributed by atoms with Crippen molar-refractivity contribution in [3.63, 3.8) is 0 Å². The van der Waals surface area contributed by atoms with E-state index in [2.05, 4.69) is 15.6 Å². The lowest BCUT2D eigenvalue weighted by atomic mass is 9.87. The first-order valence-corrected chi connectivity index (χ1v) is 17.9. The van der Waals surface area contributed by atoms with Crippen LogP contribution in [-0.2, 0) is 16.1 Å². The minimum absolute atomic E-state index is 0.0257. The number of thiazole rings is 1. The summed E-state index contributed by atoms with van der Waals surface area (Å²) < 4.78 is 19.6. The third kappa shape index (κ3) is 8.44. The average Bonchev–Trinajstić information content (AvgIpc) is 3.58. The van der Waals surface area contributed by atoms with Crippen LogP contribution in [0, 0.1) is 19.8 Å². The Kier molecular flexibility index (Phi) is 10.3. The SMILES string of the molecule is COc1ccc(Cn2nc(N[C@@H]3CCCN(C(=O)OC(C)(C)C)C3)c3c(O[C@H]4CC[C@H](C(=O)Nc5nc(C)c(C)s5)CC4)ccnc32)cc1. The zero-order valence-corrected chi connectivity index (χ0v) is 30.1. The number of amides is 2. The third-order valence-electron chi connectivity index (χ3n) is 9.10. The van der Waals surface area contributed by atoms with E-state index in [1.165, 1.54) is 11.3 Å². The molecule has 2 aliphatic rings. The molecule has 1 aromatic carbocycles. The molecule has 1 saturated heterocycles. The highest BCUT2D eigenvalue weighted by molar-refractivity contribution is 7.15. The molecule has 4 aromatic rings. The smallest absolute Gasteiger partial charge is 0.410 e. The predicted octanol–water partition coefficient (Wildman–Crippen LogP) is 6.95. The van der Waals surface area contributed by atoms with E-state index in [9.17, 15) is 9.59 Å². The first-order chi connectivity index (χ1) is 23.5. The molecule has 0 spiro atoms. The van der Waals surface area contributed by atoms with Crippen molar-refractivity contribution in [1.29, 1.82) is 0 Å². The van der Waals surface area contributed by atoms with Gasteiger partial charge in [0.15, 0.2) is 16.6 Å². The molecule has 2 amide bonds. The predicted molar refractivity (Wildman–Crippen MR) is 191 cm³/mol. The number of carbonyl (C=O) groups is 2. The van der Waals surface area contributed by atoms with Gasteiger partial charge in [-0.25, -0.2) is 19.4 Å². The molecule has 1 aliphatic carbocycles. The van der Waals surface area contributed by atoms with E-state index in [0.29, 0.717) is 42.0 Å². The summed E-state index contributed by atoms with van der Waals surface area (Å²) in [4.78, 5) is 38.1. The summed E-state index contributed by atoms with van der Waals surface area (Å²) in [6, 6.07) is 9.78. The van der Waals surface area contributed by atoms with Crippen LogP contribution in [0.4, 0.5) is 15.7 Å². The number of carbonyl (C=O) groups excluding carboxylic acids is 2. The van der Waals surface area contributed by atoms with Crippen molar-refractivity contribution in [1.82, 2.24) is 24.6 Å². The highest BCUT2D eigenvalue weighted by atomic mass is 32.1. The van der Waals surface area contributed by atoms with Gasteiger partial charge in [-0.3, -0.25) is 4.79 Å². The fourth-order valence-corrected chi connectivity index (χ4v) is 7.24. The van der Waals surface area contributed by atoms with Gasteiger partial charge in [0.05, 0.1) is 25.5 Å². The quantitative estimate of drug-likeness (QED) is 0.192. The van der Waals surface area contributed by atoms with Crippen LogP contribution in [0.25, 0.3) is 11.0 Å². The molecule has 2 N–H and O–H groups in total. The second-order valence-corrected chi connectivity index (χ2v) is 15.2. The first kappa shape index (κ1) is 34.5. The number of pyridine rings is 1. The van der Waals surface area contributed by atoms with Gasteiger partial charge < -0.3 is 29.7 Å². The van der Waals surface area contributed by atoms with Crippen LogP contribution >= 0.6 is 11.3 Å². The monoisotopic (exact) mass is 689 g/mol.